The quantitative estimate of drug-likeness (QED) is 0.796. The summed E-state index contributed by atoms with van der Waals surface area (Å²) in [6.45, 7) is 1.05. The van der Waals surface area contributed by atoms with Gasteiger partial charge in [0.15, 0.2) is 0 Å². The van der Waals surface area contributed by atoms with Crippen molar-refractivity contribution in [1.29, 1.82) is 0 Å². The molecule has 0 spiro atoms. The highest BCUT2D eigenvalue weighted by Crippen LogP contribution is 2.19. The van der Waals surface area contributed by atoms with Gasteiger partial charge in [0.05, 0.1) is 11.3 Å². The van der Waals surface area contributed by atoms with Gasteiger partial charge >= 0.3 is 12.0 Å². The lowest BCUT2D eigenvalue weighted by Gasteiger charge is -2.23. The number of rotatable bonds is 3. The Morgan fingerprint density at radius 1 is 1.19 bits per heavy atom. The van der Waals surface area contributed by atoms with Gasteiger partial charge in [-0.05, 0) is 18.9 Å². The first kappa shape index (κ1) is 15.2. The Balaban J connectivity index is 2.06. The van der Waals surface area contributed by atoms with Crippen LogP contribution in [-0.2, 0) is 4.74 Å². The molecule has 1 aliphatic heterocycles. The molecule has 8 heteroatoms. The molecule has 1 fully saturated rings. The minimum Gasteiger partial charge on any atom is -0.478 e. The molecule has 1 aromatic carbocycles. The van der Waals surface area contributed by atoms with Gasteiger partial charge in [-0.2, -0.15) is 0 Å². The monoisotopic (exact) mass is 300 g/mol. The number of carboxylic acids is 1. The summed E-state index contributed by atoms with van der Waals surface area (Å²) in [5.41, 5.74) is -1.10. The molecule has 1 aromatic rings. The van der Waals surface area contributed by atoms with Crippen molar-refractivity contribution in [3.63, 3.8) is 0 Å². The zero-order valence-corrected chi connectivity index (χ0v) is 11.0. The maximum atomic E-state index is 13.5. The van der Waals surface area contributed by atoms with Crippen LogP contribution in [0.1, 0.15) is 23.2 Å². The number of aromatic carboxylic acids is 1. The highest BCUT2D eigenvalue weighted by atomic mass is 19.1. The average Bonchev–Trinajstić information content (AvgIpc) is 2.42. The van der Waals surface area contributed by atoms with E-state index in [4.69, 9.17) is 9.84 Å². The SMILES string of the molecule is O=C(Nc1cc(C(=O)O)c(F)cc1F)NC1CCOCC1. The maximum absolute atomic E-state index is 13.5. The first-order valence-corrected chi connectivity index (χ1v) is 6.35. The summed E-state index contributed by atoms with van der Waals surface area (Å²) in [5.74, 6) is -3.78. The number of hydrogen-bond donors (Lipinski definition) is 3. The third kappa shape index (κ3) is 3.88. The third-order valence-electron chi connectivity index (χ3n) is 3.09. The molecular formula is C13H14F2N2O4. The van der Waals surface area contributed by atoms with E-state index < -0.39 is 34.9 Å². The van der Waals surface area contributed by atoms with E-state index in [1.807, 2.05) is 0 Å². The second kappa shape index (κ2) is 6.49. The van der Waals surface area contributed by atoms with Crippen LogP contribution in [0.25, 0.3) is 0 Å². The van der Waals surface area contributed by atoms with Crippen LogP contribution in [0.4, 0.5) is 19.3 Å². The second-order valence-electron chi connectivity index (χ2n) is 4.60. The summed E-state index contributed by atoms with van der Waals surface area (Å²) < 4.78 is 31.9. The lowest BCUT2D eigenvalue weighted by molar-refractivity contribution is 0.0691. The average molecular weight is 300 g/mol. The van der Waals surface area contributed by atoms with Crippen molar-refractivity contribution >= 4 is 17.7 Å². The highest BCUT2D eigenvalue weighted by Gasteiger charge is 2.19. The normalized spacial score (nSPS) is 15.5. The summed E-state index contributed by atoms with van der Waals surface area (Å²) in [7, 11) is 0. The predicted octanol–water partition coefficient (Wildman–Crippen LogP) is 1.96. The van der Waals surface area contributed by atoms with E-state index in [-0.39, 0.29) is 6.04 Å². The van der Waals surface area contributed by atoms with Gasteiger partial charge in [0.2, 0.25) is 0 Å². The van der Waals surface area contributed by atoms with E-state index >= 15 is 0 Å². The lowest BCUT2D eigenvalue weighted by Crippen LogP contribution is -2.41. The third-order valence-corrected chi connectivity index (χ3v) is 3.09. The standard InChI is InChI=1S/C13H14F2N2O4/c14-9-6-10(15)11(5-8(9)12(18)19)17-13(20)16-7-1-3-21-4-2-7/h5-7H,1-4H2,(H,18,19)(H2,16,17,20). The Morgan fingerprint density at radius 3 is 2.48 bits per heavy atom. The van der Waals surface area contributed by atoms with Crippen molar-refractivity contribution < 1.29 is 28.2 Å². The number of halogens is 2. The number of carbonyl (C=O) groups excluding carboxylic acids is 1. The molecule has 0 radical (unpaired) electrons. The van der Waals surface area contributed by atoms with Crippen molar-refractivity contribution in [2.24, 2.45) is 0 Å². The fourth-order valence-electron chi connectivity index (χ4n) is 1.99. The van der Waals surface area contributed by atoms with Gasteiger partial charge in [0, 0.05) is 25.3 Å². The topological polar surface area (TPSA) is 87.7 Å². The van der Waals surface area contributed by atoms with E-state index in [2.05, 4.69) is 10.6 Å². The van der Waals surface area contributed by atoms with Crippen LogP contribution in [0.3, 0.4) is 0 Å². The number of urea groups is 1. The molecule has 0 aliphatic carbocycles. The second-order valence-corrected chi connectivity index (χ2v) is 4.60. The molecule has 0 bridgehead atoms. The van der Waals surface area contributed by atoms with Crippen molar-refractivity contribution in [3.05, 3.63) is 29.3 Å². The molecule has 0 saturated carbocycles. The fourth-order valence-corrected chi connectivity index (χ4v) is 1.99. The van der Waals surface area contributed by atoms with Gasteiger partial charge in [-0.15, -0.1) is 0 Å². The molecule has 0 aromatic heterocycles. The molecule has 0 unspecified atom stereocenters. The molecule has 1 aliphatic rings. The summed E-state index contributed by atoms with van der Waals surface area (Å²) in [6, 6.07) is 0.398. The van der Waals surface area contributed by atoms with Crippen molar-refractivity contribution in [2.45, 2.75) is 18.9 Å². The molecule has 1 saturated heterocycles. The van der Waals surface area contributed by atoms with Crippen LogP contribution in [0.2, 0.25) is 0 Å². The molecule has 0 atom stereocenters. The summed E-state index contributed by atoms with van der Waals surface area (Å²) >= 11 is 0. The van der Waals surface area contributed by atoms with Crippen LogP contribution in [-0.4, -0.2) is 36.4 Å². The number of anilines is 1. The Kier molecular flexibility index (Phi) is 4.69. The van der Waals surface area contributed by atoms with Gasteiger partial charge < -0.3 is 20.5 Å². The van der Waals surface area contributed by atoms with Crippen molar-refractivity contribution in [2.75, 3.05) is 18.5 Å². The first-order chi connectivity index (χ1) is 9.97. The Morgan fingerprint density at radius 2 is 1.86 bits per heavy atom. The number of carboxylic acid groups (broad SMARTS) is 1. The summed E-state index contributed by atoms with van der Waals surface area (Å²) in [5, 5.41) is 13.6. The lowest BCUT2D eigenvalue weighted by atomic mass is 10.1. The molecule has 114 valence electrons. The highest BCUT2D eigenvalue weighted by molar-refractivity contribution is 5.93. The minimum atomic E-state index is -1.54. The van der Waals surface area contributed by atoms with Gasteiger partial charge in [-0.3, -0.25) is 0 Å². The van der Waals surface area contributed by atoms with E-state index in [9.17, 15) is 18.4 Å². The van der Waals surface area contributed by atoms with Gasteiger partial charge in [0.1, 0.15) is 11.6 Å². The van der Waals surface area contributed by atoms with Crippen molar-refractivity contribution in [3.8, 4) is 0 Å². The smallest absolute Gasteiger partial charge is 0.338 e. The Hall–Kier alpha value is -2.22. The molecule has 3 N–H and O–H groups in total. The van der Waals surface area contributed by atoms with E-state index in [1.165, 1.54) is 0 Å². The first-order valence-electron chi connectivity index (χ1n) is 6.35. The fraction of sp³-hybridized carbons (Fsp3) is 0.385. The van der Waals surface area contributed by atoms with Gasteiger partial charge in [-0.25, -0.2) is 18.4 Å². The Bertz CT molecular complexity index is 559. The number of amides is 2. The number of carbonyl (C=O) groups is 2. The zero-order chi connectivity index (χ0) is 15.4. The molecular weight excluding hydrogens is 286 g/mol. The van der Waals surface area contributed by atoms with Crippen molar-refractivity contribution in [1.82, 2.24) is 5.32 Å². The van der Waals surface area contributed by atoms with E-state index in [0.717, 1.165) is 6.07 Å². The van der Waals surface area contributed by atoms with Crippen LogP contribution in [0.15, 0.2) is 12.1 Å². The largest absolute Gasteiger partial charge is 0.478 e. The summed E-state index contributed by atoms with van der Waals surface area (Å²) in [4.78, 5) is 22.5. The zero-order valence-electron chi connectivity index (χ0n) is 11.0. The molecule has 2 rings (SSSR count). The van der Waals surface area contributed by atoms with Crippen LogP contribution >= 0.6 is 0 Å². The van der Waals surface area contributed by atoms with Gasteiger partial charge in [0.25, 0.3) is 0 Å². The van der Waals surface area contributed by atoms with Crippen LogP contribution < -0.4 is 10.6 Å². The van der Waals surface area contributed by atoms with Gasteiger partial charge in [-0.1, -0.05) is 0 Å². The molecule has 6 nitrogen and oxygen atoms in total. The minimum absolute atomic E-state index is 0.0961. The van der Waals surface area contributed by atoms with Crippen LogP contribution in [0.5, 0.6) is 0 Å². The van der Waals surface area contributed by atoms with E-state index in [0.29, 0.717) is 32.1 Å². The predicted molar refractivity (Wildman–Crippen MR) is 69.3 cm³/mol. The molecule has 21 heavy (non-hydrogen) atoms. The summed E-state index contributed by atoms with van der Waals surface area (Å²) in [6.07, 6.45) is 1.28. The number of hydrogen-bond acceptors (Lipinski definition) is 3. The maximum Gasteiger partial charge on any atom is 0.338 e. The van der Waals surface area contributed by atoms with Crippen LogP contribution in [0, 0.1) is 11.6 Å². The molecule has 1 heterocycles. The number of ether oxygens (including phenoxy) is 1. The Labute approximate surface area is 119 Å². The van der Waals surface area contributed by atoms with E-state index in [1.54, 1.807) is 0 Å². The number of benzene rings is 1. The molecule has 2 amide bonds. The number of nitrogens with one attached hydrogen (secondary N) is 2.